The van der Waals surface area contributed by atoms with E-state index in [-0.39, 0.29) is 5.91 Å². The van der Waals surface area contributed by atoms with E-state index in [1.807, 2.05) is 11.8 Å². The summed E-state index contributed by atoms with van der Waals surface area (Å²) in [5.41, 5.74) is 1.20. The molecule has 1 heterocycles. The van der Waals surface area contributed by atoms with E-state index in [4.69, 9.17) is 9.47 Å². The number of halogens is 3. The van der Waals surface area contributed by atoms with Gasteiger partial charge < -0.3 is 19.3 Å². The molecule has 1 amide bonds. The van der Waals surface area contributed by atoms with Crippen molar-refractivity contribution in [3.8, 4) is 5.75 Å². The van der Waals surface area contributed by atoms with Crippen LogP contribution in [0.25, 0.3) is 0 Å². The SMILES string of the molecule is CCCOCc1cc(C(=O)N2CCN(c3cccc(C(F)(F)F)c3)CC2)ccc1OC. The predicted octanol–water partition coefficient (Wildman–Crippen LogP) is 4.60. The molecule has 2 aromatic carbocycles. The van der Waals surface area contributed by atoms with Crippen molar-refractivity contribution in [2.75, 3.05) is 44.8 Å². The summed E-state index contributed by atoms with van der Waals surface area (Å²) in [4.78, 5) is 16.6. The topological polar surface area (TPSA) is 42.0 Å². The normalized spacial score (nSPS) is 14.6. The van der Waals surface area contributed by atoms with Gasteiger partial charge in [-0.2, -0.15) is 13.2 Å². The van der Waals surface area contributed by atoms with E-state index < -0.39 is 11.7 Å². The van der Waals surface area contributed by atoms with Crippen LogP contribution in [0, 0.1) is 0 Å². The zero-order valence-electron chi connectivity index (χ0n) is 17.7. The van der Waals surface area contributed by atoms with Crippen LogP contribution in [0.3, 0.4) is 0 Å². The van der Waals surface area contributed by atoms with E-state index in [0.29, 0.717) is 56.4 Å². The largest absolute Gasteiger partial charge is 0.496 e. The van der Waals surface area contributed by atoms with Gasteiger partial charge in [-0.15, -0.1) is 0 Å². The lowest BCUT2D eigenvalue weighted by atomic mass is 10.1. The highest BCUT2D eigenvalue weighted by atomic mass is 19.4. The van der Waals surface area contributed by atoms with Gasteiger partial charge in [0.05, 0.1) is 19.3 Å². The molecule has 8 heteroatoms. The number of carbonyl (C=O) groups excluding carboxylic acids is 1. The molecular formula is C23H27F3N2O3. The fraction of sp³-hybridized carbons (Fsp3) is 0.435. The minimum Gasteiger partial charge on any atom is -0.496 e. The Balaban J connectivity index is 1.66. The lowest BCUT2D eigenvalue weighted by molar-refractivity contribution is -0.137. The zero-order valence-corrected chi connectivity index (χ0v) is 17.7. The van der Waals surface area contributed by atoms with Crippen molar-refractivity contribution in [2.24, 2.45) is 0 Å². The highest BCUT2D eigenvalue weighted by Gasteiger charge is 2.31. The quantitative estimate of drug-likeness (QED) is 0.595. The van der Waals surface area contributed by atoms with E-state index in [0.717, 1.165) is 24.1 Å². The third kappa shape index (κ3) is 5.70. The van der Waals surface area contributed by atoms with Gasteiger partial charge in [0, 0.05) is 49.6 Å². The number of nitrogens with zero attached hydrogens (tertiary/aromatic N) is 2. The summed E-state index contributed by atoms with van der Waals surface area (Å²) >= 11 is 0. The van der Waals surface area contributed by atoms with Crippen LogP contribution in [-0.4, -0.2) is 50.7 Å². The van der Waals surface area contributed by atoms with Gasteiger partial charge in [0.15, 0.2) is 0 Å². The van der Waals surface area contributed by atoms with Crippen LogP contribution < -0.4 is 9.64 Å². The molecule has 0 unspecified atom stereocenters. The molecule has 5 nitrogen and oxygen atoms in total. The number of ether oxygens (including phenoxy) is 2. The van der Waals surface area contributed by atoms with Crippen LogP contribution in [0.15, 0.2) is 42.5 Å². The van der Waals surface area contributed by atoms with E-state index >= 15 is 0 Å². The molecule has 0 N–H and O–H groups in total. The minimum atomic E-state index is -4.37. The Bertz CT molecular complexity index is 894. The third-order valence-corrected chi connectivity index (χ3v) is 5.24. The maximum atomic E-state index is 13.0. The molecule has 2 aromatic rings. The first-order valence-corrected chi connectivity index (χ1v) is 10.3. The highest BCUT2D eigenvalue weighted by Crippen LogP contribution is 2.32. The first-order valence-electron chi connectivity index (χ1n) is 10.3. The number of alkyl halides is 3. The minimum absolute atomic E-state index is 0.108. The van der Waals surface area contributed by atoms with E-state index in [1.165, 1.54) is 6.07 Å². The van der Waals surface area contributed by atoms with Crippen molar-refractivity contribution < 1.29 is 27.4 Å². The summed E-state index contributed by atoms with van der Waals surface area (Å²) in [5.74, 6) is 0.560. The number of hydrogen-bond acceptors (Lipinski definition) is 4. The molecule has 0 radical (unpaired) electrons. The molecule has 0 spiro atoms. The van der Waals surface area contributed by atoms with Crippen LogP contribution in [0.5, 0.6) is 5.75 Å². The number of carbonyl (C=O) groups is 1. The van der Waals surface area contributed by atoms with Gasteiger partial charge in [0.25, 0.3) is 5.91 Å². The molecule has 1 saturated heterocycles. The highest BCUT2D eigenvalue weighted by molar-refractivity contribution is 5.94. The smallest absolute Gasteiger partial charge is 0.416 e. The molecule has 0 aliphatic carbocycles. The molecule has 1 aliphatic heterocycles. The summed E-state index contributed by atoms with van der Waals surface area (Å²) in [6.07, 6.45) is -3.47. The van der Waals surface area contributed by atoms with Crippen LogP contribution in [0.2, 0.25) is 0 Å². The number of rotatable bonds is 7. The van der Waals surface area contributed by atoms with Crippen molar-refractivity contribution in [1.82, 2.24) is 4.90 Å². The lowest BCUT2D eigenvalue weighted by Crippen LogP contribution is -2.48. The molecule has 0 saturated carbocycles. The second-order valence-electron chi connectivity index (χ2n) is 7.41. The van der Waals surface area contributed by atoms with Gasteiger partial charge in [-0.25, -0.2) is 0 Å². The Morgan fingerprint density at radius 3 is 2.45 bits per heavy atom. The van der Waals surface area contributed by atoms with Gasteiger partial charge >= 0.3 is 6.18 Å². The fourth-order valence-corrected chi connectivity index (χ4v) is 3.58. The number of anilines is 1. The van der Waals surface area contributed by atoms with Crippen LogP contribution >= 0.6 is 0 Å². The molecule has 1 fully saturated rings. The predicted molar refractivity (Wildman–Crippen MR) is 113 cm³/mol. The lowest BCUT2D eigenvalue weighted by Gasteiger charge is -2.36. The molecule has 1 aliphatic rings. The molecule has 0 bridgehead atoms. The second kappa shape index (κ2) is 10.0. The number of hydrogen-bond donors (Lipinski definition) is 0. The zero-order chi connectivity index (χ0) is 22.4. The first-order chi connectivity index (χ1) is 14.8. The van der Waals surface area contributed by atoms with Gasteiger partial charge in [0.1, 0.15) is 5.75 Å². The standard InChI is InChI=1S/C23H27F3N2O3/c1-3-13-31-16-18-14-17(7-8-21(18)30-2)22(29)28-11-9-27(10-12-28)20-6-4-5-19(15-20)23(24,25)26/h4-8,14-15H,3,9-13,16H2,1-2H3. The average molecular weight is 436 g/mol. The molecule has 0 aromatic heterocycles. The maximum absolute atomic E-state index is 13.0. The Kier molecular flexibility index (Phi) is 7.43. The Labute approximate surface area is 180 Å². The van der Waals surface area contributed by atoms with Crippen LogP contribution in [0.4, 0.5) is 18.9 Å². The first kappa shape index (κ1) is 22.9. The van der Waals surface area contributed by atoms with E-state index in [9.17, 15) is 18.0 Å². The third-order valence-electron chi connectivity index (χ3n) is 5.24. The second-order valence-corrected chi connectivity index (χ2v) is 7.41. The van der Waals surface area contributed by atoms with Gasteiger partial charge in [-0.05, 0) is 42.8 Å². The van der Waals surface area contributed by atoms with Crippen LogP contribution in [0.1, 0.15) is 34.8 Å². The summed E-state index contributed by atoms with van der Waals surface area (Å²) in [6, 6.07) is 10.6. The Hall–Kier alpha value is -2.74. The summed E-state index contributed by atoms with van der Waals surface area (Å²) in [6.45, 7) is 4.81. The molecule has 31 heavy (non-hydrogen) atoms. The summed E-state index contributed by atoms with van der Waals surface area (Å²) < 4.78 is 49.9. The average Bonchev–Trinajstić information content (AvgIpc) is 2.78. The molecule has 0 atom stereocenters. The van der Waals surface area contributed by atoms with E-state index in [2.05, 4.69) is 0 Å². The van der Waals surface area contributed by atoms with Gasteiger partial charge in [-0.3, -0.25) is 4.79 Å². The molecule has 3 rings (SSSR count). The van der Waals surface area contributed by atoms with Crippen molar-refractivity contribution in [1.29, 1.82) is 0 Å². The Morgan fingerprint density at radius 2 is 1.81 bits per heavy atom. The van der Waals surface area contributed by atoms with Crippen molar-refractivity contribution in [2.45, 2.75) is 26.1 Å². The number of amides is 1. The fourth-order valence-electron chi connectivity index (χ4n) is 3.58. The van der Waals surface area contributed by atoms with Crippen LogP contribution in [-0.2, 0) is 17.5 Å². The van der Waals surface area contributed by atoms with E-state index in [1.54, 1.807) is 36.3 Å². The number of benzene rings is 2. The Morgan fingerprint density at radius 1 is 1.06 bits per heavy atom. The van der Waals surface area contributed by atoms with Crippen molar-refractivity contribution in [3.05, 3.63) is 59.2 Å². The maximum Gasteiger partial charge on any atom is 0.416 e. The summed E-state index contributed by atoms with van der Waals surface area (Å²) in [5, 5.41) is 0. The molecule has 168 valence electrons. The van der Waals surface area contributed by atoms with Gasteiger partial charge in [0.2, 0.25) is 0 Å². The van der Waals surface area contributed by atoms with Gasteiger partial charge in [-0.1, -0.05) is 13.0 Å². The number of methoxy groups -OCH3 is 1. The summed E-state index contributed by atoms with van der Waals surface area (Å²) in [7, 11) is 1.58. The van der Waals surface area contributed by atoms with Crippen molar-refractivity contribution in [3.63, 3.8) is 0 Å². The van der Waals surface area contributed by atoms with Crippen molar-refractivity contribution >= 4 is 11.6 Å². The molecular weight excluding hydrogens is 409 g/mol. The monoisotopic (exact) mass is 436 g/mol. The number of piperazine rings is 1.